The minimum absolute atomic E-state index is 0.497. The number of aliphatic hydroxyl groups is 1. The molecule has 4 heteroatoms. The summed E-state index contributed by atoms with van der Waals surface area (Å²) in [5, 5.41) is 9.60. The highest BCUT2D eigenvalue weighted by atomic mass is 79.9. The molecular weight excluding hydrogens is 288 g/mol. The molecule has 16 heavy (non-hydrogen) atoms. The van der Waals surface area contributed by atoms with Crippen LogP contribution < -0.4 is 4.74 Å². The van der Waals surface area contributed by atoms with Crippen LogP contribution in [0.4, 0.5) is 0 Å². The van der Waals surface area contributed by atoms with Gasteiger partial charge in [0.2, 0.25) is 0 Å². The van der Waals surface area contributed by atoms with Gasteiger partial charge in [-0.3, -0.25) is 0 Å². The summed E-state index contributed by atoms with van der Waals surface area (Å²) >= 11 is 5.21. The molecule has 1 N–H and O–H groups in total. The van der Waals surface area contributed by atoms with Crippen LogP contribution in [0.2, 0.25) is 0 Å². The van der Waals surface area contributed by atoms with Gasteiger partial charge in [-0.05, 0) is 37.5 Å². The van der Waals surface area contributed by atoms with E-state index in [0.717, 1.165) is 28.0 Å². The Morgan fingerprint density at radius 2 is 2.25 bits per heavy atom. The Kier molecular flexibility index (Phi) is 6.24. The van der Waals surface area contributed by atoms with Gasteiger partial charge < -0.3 is 9.84 Å². The van der Waals surface area contributed by atoms with Crippen molar-refractivity contribution in [3.8, 4) is 5.75 Å². The number of halogens is 1. The van der Waals surface area contributed by atoms with Crippen LogP contribution in [0.25, 0.3) is 0 Å². The van der Waals surface area contributed by atoms with E-state index in [1.165, 1.54) is 0 Å². The number of thioether (sulfide) groups is 1. The van der Waals surface area contributed by atoms with Gasteiger partial charge in [0.05, 0.1) is 12.7 Å². The summed E-state index contributed by atoms with van der Waals surface area (Å²) in [6.07, 6.45) is 2.61. The summed E-state index contributed by atoms with van der Waals surface area (Å²) in [5.41, 5.74) is 0.840. The maximum atomic E-state index is 9.60. The number of hydrogen-bond acceptors (Lipinski definition) is 3. The fourth-order valence-corrected chi connectivity index (χ4v) is 2.11. The van der Waals surface area contributed by atoms with Gasteiger partial charge in [-0.2, -0.15) is 11.8 Å². The summed E-state index contributed by atoms with van der Waals surface area (Å²) in [6.45, 7) is 2.44. The summed E-state index contributed by atoms with van der Waals surface area (Å²) in [4.78, 5) is 0. The van der Waals surface area contributed by atoms with Crippen molar-refractivity contribution in [3.63, 3.8) is 0 Å². The second kappa shape index (κ2) is 7.20. The quantitative estimate of drug-likeness (QED) is 0.814. The Balaban J connectivity index is 2.65. The molecule has 2 nitrogen and oxygen atoms in total. The third-order valence-electron chi connectivity index (χ3n) is 2.18. The van der Waals surface area contributed by atoms with E-state index in [4.69, 9.17) is 4.74 Å². The molecule has 0 aliphatic carbocycles. The van der Waals surface area contributed by atoms with Gasteiger partial charge in [0.25, 0.3) is 0 Å². The lowest BCUT2D eigenvalue weighted by molar-refractivity contribution is 0.191. The average Bonchev–Trinajstić information content (AvgIpc) is 2.24. The van der Waals surface area contributed by atoms with Crippen molar-refractivity contribution in [2.45, 2.75) is 19.4 Å². The van der Waals surface area contributed by atoms with Crippen LogP contribution >= 0.6 is 27.7 Å². The Morgan fingerprint density at radius 3 is 2.88 bits per heavy atom. The van der Waals surface area contributed by atoms with E-state index in [0.29, 0.717) is 6.61 Å². The first-order valence-corrected chi connectivity index (χ1v) is 7.43. The molecule has 0 radical (unpaired) electrons. The van der Waals surface area contributed by atoms with Gasteiger partial charge in [-0.1, -0.05) is 22.0 Å². The highest BCUT2D eigenvalue weighted by molar-refractivity contribution is 9.10. The van der Waals surface area contributed by atoms with Crippen molar-refractivity contribution in [1.82, 2.24) is 0 Å². The lowest BCUT2D eigenvalue weighted by Gasteiger charge is -2.13. The number of rotatable bonds is 6. The second-order valence-corrected chi connectivity index (χ2v) is 5.45. The predicted molar refractivity (Wildman–Crippen MR) is 73.3 cm³/mol. The summed E-state index contributed by atoms with van der Waals surface area (Å²) in [6, 6.07) is 5.70. The highest BCUT2D eigenvalue weighted by Gasteiger charge is 2.09. The number of hydrogen-bond donors (Lipinski definition) is 1. The lowest BCUT2D eigenvalue weighted by Crippen LogP contribution is -2.03. The molecule has 0 aromatic heterocycles. The molecular formula is C12H17BrO2S. The number of aliphatic hydroxyl groups excluding tert-OH is 1. The van der Waals surface area contributed by atoms with Crippen molar-refractivity contribution in [2.75, 3.05) is 18.6 Å². The molecule has 0 saturated heterocycles. The average molecular weight is 305 g/mol. The molecule has 0 fully saturated rings. The monoisotopic (exact) mass is 304 g/mol. The van der Waals surface area contributed by atoms with Crippen LogP contribution in [0.1, 0.15) is 25.0 Å². The second-order valence-electron chi connectivity index (χ2n) is 3.55. The highest BCUT2D eigenvalue weighted by Crippen LogP contribution is 2.28. The largest absolute Gasteiger partial charge is 0.493 e. The van der Waals surface area contributed by atoms with Gasteiger partial charge in [0, 0.05) is 10.0 Å². The van der Waals surface area contributed by atoms with E-state index in [9.17, 15) is 5.11 Å². The Bertz CT molecular complexity index is 329. The molecule has 1 aromatic carbocycles. The standard InChI is InChI=1S/C12H17BrO2S/c1-9(14)11-5-4-10(13)8-12(11)15-6-3-7-16-2/h4-5,8-9,14H,3,6-7H2,1-2H3. The van der Waals surface area contributed by atoms with Gasteiger partial charge in [-0.15, -0.1) is 0 Å². The molecule has 0 spiro atoms. The van der Waals surface area contributed by atoms with E-state index in [1.807, 2.05) is 30.0 Å². The molecule has 0 aliphatic heterocycles. The first kappa shape index (κ1) is 13.9. The van der Waals surface area contributed by atoms with Crippen LogP contribution in [0, 0.1) is 0 Å². The molecule has 0 bridgehead atoms. The zero-order chi connectivity index (χ0) is 12.0. The fourth-order valence-electron chi connectivity index (χ4n) is 1.36. The van der Waals surface area contributed by atoms with Crippen LogP contribution in [0.3, 0.4) is 0 Å². The molecule has 0 saturated carbocycles. The van der Waals surface area contributed by atoms with Crippen molar-refractivity contribution in [2.24, 2.45) is 0 Å². The van der Waals surface area contributed by atoms with Gasteiger partial charge in [-0.25, -0.2) is 0 Å². The normalized spacial score (nSPS) is 12.5. The van der Waals surface area contributed by atoms with Crippen molar-refractivity contribution >= 4 is 27.7 Å². The van der Waals surface area contributed by atoms with Crippen molar-refractivity contribution in [3.05, 3.63) is 28.2 Å². The minimum atomic E-state index is -0.497. The molecule has 1 rings (SSSR count). The maximum absolute atomic E-state index is 9.60. The van der Waals surface area contributed by atoms with Crippen molar-refractivity contribution < 1.29 is 9.84 Å². The van der Waals surface area contributed by atoms with Crippen molar-refractivity contribution in [1.29, 1.82) is 0 Å². The Morgan fingerprint density at radius 1 is 1.50 bits per heavy atom. The summed E-state index contributed by atoms with van der Waals surface area (Å²) < 4.78 is 6.65. The number of benzene rings is 1. The van der Waals surface area contributed by atoms with Crippen LogP contribution in [-0.2, 0) is 0 Å². The van der Waals surface area contributed by atoms with Crippen LogP contribution in [0.15, 0.2) is 22.7 Å². The van der Waals surface area contributed by atoms with E-state index < -0.39 is 6.10 Å². The Labute approximate surface area is 110 Å². The van der Waals surface area contributed by atoms with E-state index >= 15 is 0 Å². The zero-order valence-electron chi connectivity index (χ0n) is 9.57. The maximum Gasteiger partial charge on any atom is 0.126 e. The molecule has 0 heterocycles. The van der Waals surface area contributed by atoms with E-state index in [-0.39, 0.29) is 0 Å². The van der Waals surface area contributed by atoms with Crippen LogP contribution in [-0.4, -0.2) is 23.7 Å². The van der Waals surface area contributed by atoms with E-state index in [1.54, 1.807) is 6.92 Å². The molecule has 1 unspecified atom stereocenters. The SMILES string of the molecule is CSCCCOc1cc(Br)ccc1C(C)O. The van der Waals surface area contributed by atoms with E-state index in [2.05, 4.69) is 22.2 Å². The third-order valence-corrected chi connectivity index (χ3v) is 3.37. The molecule has 1 aromatic rings. The fraction of sp³-hybridized carbons (Fsp3) is 0.500. The number of ether oxygens (including phenoxy) is 1. The summed E-state index contributed by atoms with van der Waals surface area (Å²) in [7, 11) is 0. The molecule has 0 amide bonds. The first-order chi connectivity index (χ1) is 7.65. The lowest BCUT2D eigenvalue weighted by atomic mass is 10.1. The van der Waals surface area contributed by atoms with Gasteiger partial charge >= 0.3 is 0 Å². The summed E-state index contributed by atoms with van der Waals surface area (Å²) in [5.74, 6) is 1.86. The third kappa shape index (κ3) is 4.36. The van der Waals surface area contributed by atoms with Crippen LogP contribution in [0.5, 0.6) is 5.75 Å². The predicted octanol–water partition coefficient (Wildman–Crippen LogP) is 3.63. The molecule has 90 valence electrons. The smallest absolute Gasteiger partial charge is 0.126 e. The van der Waals surface area contributed by atoms with Gasteiger partial charge in [0.1, 0.15) is 5.75 Å². The molecule has 0 aliphatic rings. The van der Waals surface area contributed by atoms with Gasteiger partial charge in [0.15, 0.2) is 0 Å². The topological polar surface area (TPSA) is 29.5 Å². The Hall–Kier alpha value is -0.190. The zero-order valence-corrected chi connectivity index (χ0v) is 12.0. The molecule has 1 atom stereocenters. The first-order valence-electron chi connectivity index (χ1n) is 5.24. The minimum Gasteiger partial charge on any atom is -0.493 e.